The van der Waals surface area contributed by atoms with Gasteiger partial charge in [-0.3, -0.25) is 0 Å². The summed E-state index contributed by atoms with van der Waals surface area (Å²) in [6, 6.07) is 0.464. The van der Waals surface area contributed by atoms with Crippen LogP contribution in [0.1, 0.15) is 38.9 Å². The maximum Gasteiger partial charge on any atom is 0.177 e. The van der Waals surface area contributed by atoms with Gasteiger partial charge < -0.3 is 14.3 Å². The largest absolute Gasteiger partial charge is 0.381 e. The van der Waals surface area contributed by atoms with Crippen LogP contribution in [0.3, 0.4) is 0 Å². The molecule has 0 saturated heterocycles. The highest BCUT2D eigenvalue weighted by atomic mass is 32.1. The Kier molecular flexibility index (Phi) is 2.97. The number of aromatic nitrogens is 2. The van der Waals surface area contributed by atoms with Crippen molar-refractivity contribution in [2.75, 3.05) is 7.11 Å². The van der Waals surface area contributed by atoms with Crippen LogP contribution in [-0.4, -0.2) is 22.8 Å². The molecule has 90 valence electrons. The molecule has 16 heavy (non-hydrogen) atoms. The van der Waals surface area contributed by atoms with Crippen LogP contribution in [-0.2, 0) is 11.2 Å². The van der Waals surface area contributed by atoms with Gasteiger partial charge in [-0.05, 0) is 25.1 Å². The third kappa shape index (κ3) is 1.55. The zero-order chi connectivity index (χ0) is 11.9. The van der Waals surface area contributed by atoms with Crippen molar-refractivity contribution in [3.63, 3.8) is 0 Å². The third-order valence-corrected chi connectivity index (χ3v) is 4.29. The lowest BCUT2D eigenvalue weighted by Crippen LogP contribution is -2.51. The van der Waals surface area contributed by atoms with Crippen molar-refractivity contribution in [1.82, 2.24) is 9.55 Å². The maximum absolute atomic E-state index is 5.49. The molecule has 1 aromatic rings. The average Bonchev–Trinajstić information content (AvgIpc) is 2.59. The monoisotopic (exact) mass is 240 g/mol. The van der Waals surface area contributed by atoms with Crippen molar-refractivity contribution in [2.45, 2.75) is 45.8 Å². The number of hydrogen-bond acceptors (Lipinski definition) is 2. The van der Waals surface area contributed by atoms with Crippen molar-refractivity contribution in [1.29, 1.82) is 0 Å². The van der Waals surface area contributed by atoms with Gasteiger partial charge >= 0.3 is 0 Å². The Bertz CT molecular complexity index is 432. The number of ether oxygens (including phenoxy) is 1. The number of aromatic amines is 1. The van der Waals surface area contributed by atoms with E-state index >= 15 is 0 Å². The first-order chi connectivity index (χ1) is 7.52. The molecule has 0 aliphatic heterocycles. The minimum Gasteiger partial charge on any atom is -0.381 e. The molecule has 0 bridgehead atoms. The highest BCUT2D eigenvalue weighted by Gasteiger charge is 2.50. The van der Waals surface area contributed by atoms with E-state index in [0.717, 1.165) is 17.6 Å². The van der Waals surface area contributed by atoms with Gasteiger partial charge in [0, 0.05) is 30.5 Å². The molecule has 1 aliphatic rings. The molecule has 1 N–H and O–H groups in total. The van der Waals surface area contributed by atoms with E-state index in [1.807, 2.05) is 6.20 Å². The van der Waals surface area contributed by atoms with Crippen molar-refractivity contribution < 1.29 is 4.74 Å². The summed E-state index contributed by atoms with van der Waals surface area (Å²) in [4.78, 5) is 3.14. The molecule has 0 spiro atoms. The second-order valence-corrected chi connectivity index (χ2v) is 5.49. The fraction of sp³-hybridized carbons (Fsp3) is 0.750. The molecule has 3 nitrogen and oxygen atoms in total. The Morgan fingerprint density at radius 3 is 2.81 bits per heavy atom. The van der Waals surface area contributed by atoms with Crippen molar-refractivity contribution in [3.8, 4) is 0 Å². The molecule has 0 amide bonds. The smallest absolute Gasteiger partial charge is 0.177 e. The van der Waals surface area contributed by atoms with Gasteiger partial charge in [-0.2, -0.15) is 0 Å². The van der Waals surface area contributed by atoms with Gasteiger partial charge in [0.25, 0.3) is 0 Å². The van der Waals surface area contributed by atoms with E-state index in [-0.39, 0.29) is 5.41 Å². The van der Waals surface area contributed by atoms with Crippen LogP contribution in [0.4, 0.5) is 0 Å². The van der Waals surface area contributed by atoms with E-state index in [2.05, 4.69) is 30.3 Å². The number of rotatable bonds is 3. The Balaban J connectivity index is 2.33. The van der Waals surface area contributed by atoms with Gasteiger partial charge in [-0.1, -0.05) is 20.8 Å². The van der Waals surface area contributed by atoms with Crippen LogP contribution in [0.2, 0.25) is 0 Å². The fourth-order valence-corrected chi connectivity index (χ4v) is 3.03. The lowest BCUT2D eigenvalue weighted by molar-refractivity contribution is -0.113. The van der Waals surface area contributed by atoms with E-state index in [9.17, 15) is 0 Å². The van der Waals surface area contributed by atoms with Crippen LogP contribution in [0, 0.1) is 10.2 Å². The maximum atomic E-state index is 5.49. The molecular weight excluding hydrogens is 220 g/mol. The zero-order valence-electron chi connectivity index (χ0n) is 10.4. The van der Waals surface area contributed by atoms with Gasteiger partial charge in [-0.25, -0.2) is 0 Å². The Hall–Kier alpha value is -0.610. The average molecular weight is 240 g/mol. The Labute approximate surface area is 102 Å². The number of methoxy groups -OCH3 is 1. The molecule has 0 radical (unpaired) electrons. The van der Waals surface area contributed by atoms with Crippen molar-refractivity contribution in [3.05, 3.63) is 16.7 Å². The fourth-order valence-electron chi connectivity index (χ4n) is 2.73. The minimum absolute atomic E-state index is 0.166. The van der Waals surface area contributed by atoms with Gasteiger partial charge in [0.15, 0.2) is 4.77 Å². The third-order valence-electron chi connectivity index (χ3n) is 3.97. The van der Waals surface area contributed by atoms with Crippen molar-refractivity contribution in [2.24, 2.45) is 5.41 Å². The summed E-state index contributed by atoms with van der Waals surface area (Å²) in [5, 5.41) is 0. The molecule has 1 aliphatic carbocycles. The van der Waals surface area contributed by atoms with E-state index < -0.39 is 0 Å². The summed E-state index contributed by atoms with van der Waals surface area (Å²) >= 11 is 5.36. The van der Waals surface area contributed by atoms with Crippen LogP contribution < -0.4 is 0 Å². The quantitative estimate of drug-likeness (QED) is 0.823. The SMILES string of the molecule is CCc1c[nH]c(=S)n1C1CC(OC)C1(C)C. The number of aryl methyl sites for hydroxylation is 1. The molecule has 4 heteroatoms. The lowest BCUT2D eigenvalue weighted by atomic mass is 9.64. The summed E-state index contributed by atoms with van der Waals surface area (Å²) in [6.07, 6.45) is 4.44. The Morgan fingerprint density at radius 2 is 2.31 bits per heavy atom. The normalized spacial score (nSPS) is 27.8. The summed E-state index contributed by atoms with van der Waals surface area (Å²) in [5.74, 6) is 0. The van der Waals surface area contributed by atoms with Gasteiger partial charge in [-0.15, -0.1) is 0 Å². The number of nitrogens with one attached hydrogen (secondary N) is 1. The first-order valence-corrected chi connectivity index (χ1v) is 6.24. The highest BCUT2D eigenvalue weighted by Crippen LogP contribution is 2.51. The van der Waals surface area contributed by atoms with E-state index in [1.54, 1.807) is 7.11 Å². The van der Waals surface area contributed by atoms with Gasteiger partial charge in [0.05, 0.1) is 6.10 Å². The number of H-pyrrole nitrogens is 1. The molecule has 2 unspecified atom stereocenters. The Morgan fingerprint density at radius 1 is 1.62 bits per heavy atom. The minimum atomic E-state index is 0.166. The van der Waals surface area contributed by atoms with Crippen LogP contribution in [0.25, 0.3) is 0 Å². The standard InChI is InChI=1S/C12H20N2OS/c1-5-8-7-13-11(16)14(8)9-6-10(15-4)12(9,2)3/h7,9-10H,5-6H2,1-4H3,(H,13,16). The number of imidazole rings is 1. The van der Waals surface area contributed by atoms with Crippen LogP contribution in [0.15, 0.2) is 6.20 Å². The van der Waals surface area contributed by atoms with Crippen LogP contribution in [0.5, 0.6) is 0 Å². The summed E-state index contributed by atoms with van der Waals surface area (Å²) < 4.78 is 8.59. The zero-order valence-corrected chi connectivity index (χ0v) is 11.2. The molecule has 1 saturated carbocycles. The van der Waals surface area contributed by atoms with E-state index in [1.165, 1.54) is 5.69 Å². The van der Waals surface area contributed by atoms with Crippen LogP contribution >= 0.6 is 12.2 Å². The predicted molar refractivity (Wildman–Crippen MR) is 67.2 cm³/mol. The number of hydrogen-bond donors (Lipinski definition) is 1. The second kappa shape index (κ2) is 4.00. The first-order valence-electron chi connectivity index (χ1n) is 5.84. The summed E-state index contributed by atoms with van der Waals surface area (Å²) in [5.41, 5.74) is 1.46. The first kappa shape index (κ1) is 11.9. The molecule has 0 aromatic carbocycles. The number of nitrogens with zero attached hydrogens (tertiary/aromatic N) is 1. The molecule has 2 atom stereocenters. The van der Waals surface area contributed by atoms with E-state index in [4.69, 9.17) is 17.0 Å². The molecular formula is C12H20N2OS. The highest BCUT2D eigenvalue weighted by molar-refractivity contribution is 7.71. The predicted octanol–water partition coefficient (Wildman–Crippen LogP) is 3.09. The topological polar surface area (TPSA) is 29.9 Å². The van der Waals surface area contributed by atoms with Gasteiger partial charge in [0.1, 0.15) is 0 Å². The van der Waals surface area contributed by atoms with Gasteiger partial charge in [0.2, 0.25) is 0 Å². The van der Waals surface area contributed by atoms with Crippen molar-refractivity contribution >= 4 is 12.2 Å². The molecule has 1 aromatic heterocycles. The van der Waals surface area contributed by atoms with E-state index in [0.29, 0.717) is 12.1 Å². The summed E-state index contributed by atoms with van der Waals surface area (Å²) in [6.45, 7) is 6.67. The molecule has 2 rings (SSSR count). The molecule has 1 fully saturated rings. The lowest BCUT2D eigenvalue weighted by Gasteiger charge is -2.51. The summed E-state index contributed by atoms with van der Waals surface area (Å²) in [7, 11) is 1.79. The second-order valence-electron chi connectivity index (χ2n) is 5.11. The molecule has 1 heterocycles.